The highest BCUT2D eigenvalue weighted by molar-refractivity contribution is 5.82. The molecule has 0 radical (unpaired) electrons. The quantitative estimate of drug-likeness (QED) is 0.752. The van der Waals surface area contributed by atoms with Crippen LogP contribution < -0.4 is 4.90 Å². The van der Waals surface area contributed by atoms with Crippen molar-refractivity contribution >= 4 is 12.1 Å². The molecule has 4 heteroatoms. The van der Waals surface area contributed by atoms with Crippen molar-refractivity contribution in [2.45, 2.75) is 12.8 Å². The first-order valence-corrected chi connectivity index (χ1v) is 6.74. The topological polar surface area (TPSA) is 36.4 Å². The highest BCUT2D eigenvalue weighted by atomic mass is 16.1. The second-order valence-corrected chi connectivity index (χ2v) is 5.27. The number of piperazine rings is 1. The molecule has 0 unspecified atom stereocenters. The molecule has 18 heavy (non-hydrogen) atoms. The number of aldehydes is 1. The molecule has 1 aliphatic carbocycles. The first-order chi connectivity index (χ1) is 8.86. The number of hydrogen-bond acceptors (Lipinski definition) is 4. The number of hydrogen-bond donors (Lipinski definition) is 0. The molecule has 96 valence electrons. The number of aromatic nitrogens is 1. The van der Waals surface area contributed by atoms with Gasteiger partial charge in [-0.2, -0.15) is 0 Å². The fourth-order valence-corrected chi connectivity index (χ4v) is 2.57. The molecule has 0 spiro atoms. The Hall–Kier alpha value is -1.42. The smallest absolute Gasteiger partial charge is 0.153 e. The van der Waals surface area contributed by atoms with E-state index in [0.29, 0.717) is 5.56 Å². The third-order valence-corrected chi connectivity index (χ3v) is 3.83. The van der Waals surface area contributed by atoms with Gasteiger partial charge in [-0.3, -0.25) is 9.69 Å². The van der Waals surface area contributed by atoms with Crippen LogP contribution in [0.15, 0.2) is 18.3 Å². The predicted octanol–water partition coefficient (Wildman–Crippen LogP) is 1.43. The third kappa shape index (κ3) is 2.53. The number of anilines is 1. The number of nitrogens with zero attached hydrogens (tertiary/aromatic N) is 3. The van der Waals surface area contributed by atoms with Crippen molar-refractivity contribution in [3.63, 3.8) is 0 Å². The van der Waals surface area contributed by atoms with Gasteiger partial charge >= 0.3 is 0 Å². The summed E-state index contributed by atoms with van der Waals surface area (Å²) in [5, 5.41) is 0. The van der Waals surface area contributed by atoms with Crippen molar-refractivity contribution < 1.29 is 4.79 Å². The summed E-state index contributed by atoms with van der Waals surface area (Å²) in [5.41, 5.74) is 0.702. The van der Waals surface area contributed by atoms with E-state index in [4.69, 9.17) is 0 Å². The predicted molar refractivity (Wildman–Crippen MR) is 71.0 cm³/mol. The first-order valence-electron chi connectivity index (χ1n) is 6.74. The Labute approximate surface area is 108 Å². The molecular formula is C14H19N3O. The fourth-order valence-electron chi connectivity index (χ4n) is 2.57. The Bertz CT molecular complexity index is 423. The molecule has 0 N–H and O–H groups in total. The van der Waals surface area contributed by atoms with Gasteiger partial charge in [0.15, 0.2) is 6.29 Å². The molecule has 2 heterocycles. The Kier molecular flexibility index (Phi) is 3.28. The van der Waals surface area contributed by atoms with Gasteiger partial charge in [0.05, 0.1) is 5.56 Å². The molecule has 0 aromatic carbocycles. The van der Waals surface area contributed by atoms with E-state index in [1.54, 1.807) is 6.20 Å². The van der Waals surface area contributed by atoms with Crippen LogP contribution >= 0.6 is 0 Å². The minimum Gasteiger partial charge on any atom is -0.353 e. The van der Waals surface area contributed by atoms with Crippen LogP contribution in [0.1, 0.15) is 23.2 Å². The van der Waals surface area contributed by atoms with E-state index in [9.17, 15) is 4.79 Å². The van der Waals surface area contributed by atoms with E-state index in [0.717, 1.165) is 44.2 Å². The van der Waals surface area contributed by atoms with Crippen molar-refractivity contribution in [2.24, 2.45) is 5.92 Å². The summed E-state index contributed by atoms with van der Waals surface area (Å²) in [6, 6.07) is 3.66. The lowest BCUT2D eigenvalue weighted by Gasteiger charge is -2.35. The van der Waals surface area contributed by atoms with Crippen molar-refractivity contribution in [1.29, 1.82) is 0 Å². The summed E-state index contributed by atoms with van der Waals surface area (Å²) in [7, 11) is 0. The highest BCUT2D eigenvalue weighted by Gasteiger charge is 2.27. The van der Waals surface area contributed by atoms with E-state index in [2.05, 4.69) is 14.8 Å². The largest absolute Gasteiger partial charge is 0.353 e. The standard InChI is InChI=1S/C14H19N3O/c18-11-13-2-1-5-15-14(13)17-8-6-16(7-9-17)10-12-3-4-12/h1-2,5,11-12H,3-4,6-10H2. The summed E-state index contributed by atoms with van der Waals surface area (Å²) in [4.78, 5) is 20.1. The molecule has 1 saturated heterocycles. The van der Waals surface area contributed by atoms with Gasteiger partial charge < -0.3 is 4.90 Å². The summed E-state index contributed by atoms with van der Waals surface area (Å²) in [5.74, 6) is 1.80. The Morgan fingerprint density at radius 1 is 1.28 bits per heavy atom. The van der Waals surface area contributed by atoms with E-state index < -0.39 is 0 Å². The number of pyridine rings is 1. The molecule has 1 aromatic rings. The van der Waals surface area contributed by atoms with Crippen LogP contribution in [0, 0.1) is 5.92 Å². The van der Waals surface area contributed by atoms with Crippen LogP contribution in [0.3, 0.4) is 0 Å². The second kappa shape index (κ2) is 5.06. The Morgan fingerprint density at radius 3 is 2.72 bits per heavy atom. The highest BCUT2D eigenvalue weighted by Crippen LogP contribution is 2.30. The molecule has 2 fully saturated rings. The normalized spacial score (nSPS) is 21.0. The summed E-state index contributed by atoms with van der Waals surface area (Å²) >= 11 is 0. The minimum atomic E-state index is 0.702. The third-order valence-electron chi connectivity index (χ3n) is 3.83. The second-order valence-electron chi connectivity index (χ2n) is 5.27. The van der Waals surface area contributed by atoms with Crippen molar-refractivity contribution in [1.82, 2.24) is 9.88 Å². The molecule has 3 rings (SSSR count). The zero-order valence-electron chi connectivity index (χ0n) is 10.6. The molecular weight excluding hydrogens is 226 g/mol. The fraction of sp³-hybridized carbons (Fsp3) is 0.571. The molecule has 0 atom stereocenters. The molecule has 2 aliphatic rings. The molecule has 0 bridgehead atoms. The van der Waals surface area contributed by atoms with Crippen molar-refractivity contribution in [2.75, 3.05) is 37.6 Å². The van der Waals surface area contributed by atoms with Crippen LogP contribution in [-0.4, -0.2) is 48.9 Å². The average molecular weight is 245 g/mol. The van der Waals surface area contributed by atoms with Crippen molar-refractivity contribution in [3.8, 4) is 0 Å². The maximum absolute atomic E-state index is 11.0. The zero-order valence-corrected chi connectivity index (χ0v) is 10.6. The molecule has 1 saturated carbocycles. The van der Waals surface area contributed by atoms with E-state index >= 15 is 0 Å². The number of rotatable bonds is 4. The maximum Gasteiger partial charge on any atom is 0.153 e. The lowest BCUT2D eigenvalue weighted by Crippen LogP contribution is -2.47. The minimum absolute atomic E-state index is 0.702. The van der Waals surface area contributed by atoms with E-state index in [1.165, 1.54) is 19.4 Å². The number of carbonyl (C=O) groups is 1. The van der Waals surface area contributed by atoms with E-state index in [1.807, 2.05) is 12.1 Å². The van der Waals surface area contributed by atoms with Gasteiger partial charge in [-0.15, -0.1) is 0 Å². The van der Waals surface area contributed by atoms with Gasteiger partial charge in [-0.1, -0.05) is 0 Å². The van der Waals surface area contributed by atoms with Gasteiger partial charge in [-0.25, -0.2) is 4.98 Å². The van der Waals surface area contributed by atoms with Crippen LogP contribution in [0.4, 0.5) is 5.82 Å². The van der Waals surface area contributed by atoms with Gasteiger partial charge in [-0.05, 0) is 30.9 Å². The first kappa shape index (κ1) is 11.7. The Balaban J connectivity index is 1.62. The van der Waals surface area contributed by atoms with Crippen LogP contribution in [0.2, 0.25) is 0 Å². The molecule has 1 aliphatic heterocycles. The lowest BCUT2D eigenvalue weighted by atomic mass is 10.2. The average Bonchev–Trinajstić information content (AvgIpc) is 3.24. The molecule has 0 amide bonds. The summed E-state index contributed by atoms with van der Waals surface area (Å²) < 4.78 is 0. The van der Waals surface area contributed by atoms with Crippen LogP contribution in [0.5, 0.6) is 0 Å². The molecule has 4 nitrogen and oxygen atoms in total. The van der Waals surface area contributed by atoms with Gasteiger partial charge in [0.1, 0.15) is 5.82 Å². The van der Waals surface area contributed by atoms with Crippen molar-refractivity contribution in [3.05, 3.63) is 23.9 Å². The lowest BCUT2D eigenvalue weighted by molar-refractivity contribution is 0.112. The monoisotopic (exact) mass is 245 g/mol. The SMILES string of the molecule is O=Cc1cccnc1N1CCN(CC2CC2)CC1. The Morgan fingerprint density at radius 2 is 2.06 bits per heavy atom. The number of carbonyl (C=O) groups excluding carboxylic acids is 1. The maximum atomic E-state index is 11.0. The van der Waals surface area contributed by atoms with Crippen LogP contribution in [0.25, 0.3) is 0 Å². The van der Waals surface area contributed by atoms with Gasteiger partial charge in [0.25, 0.3) is 0 Å². The molecule has 1 aromatic heterocycles. The van der Waals surface area contributed by atoms with E-state index in [-0.39, 0.29) is 0 Å². The summed E-state index contributed by atoms with van der Waals surface area (Å²) in [6.45, 7) is 5.39. The van der Waals surface area contributed by atoms with Gasteiger partial charge in [0, 0.05) is 38.9 Å². The zero-order chi connectivity index (χ0) is 12.4. The van der Waals surface area contributed by atoms with Gasteiger partial charge in [0.2, 0.25) is 0 Å². The van der Waals surface area contributed by atoms with Crippen LogP contribution in [-0.2, 0) is 0 Å². The summed E-state index contributed by atoms with van der Waals surface area (Å²) in [6.07, 6.45) is 5.49.